The number of alkyl halides is 1. The first-order chi connectivity index (χ1) is 5.80. The van der Waals surface area contributed by atoms with Gasteiger partial charge in [0.15, 0.2) is 0 Å². The molecule has 0 bridgehead atoms. The van der Waals surface area contributed by atoms with E-state index in [4.69, 9.17) is 0 Å². The third kappa shape index (κ3) is 8.07. The topological polar surface area (TPSA) is 0 Å². The van der Waals surface area contributed by atoms with Crippen molar-refractivity contribution in [2.45, 2.75) is 6.92 Å². The van der Waals surface area contributed by atoms with Crippen LogP contribution < -0.4 is 0 Å². The van der Waals surface area contributed by atoms with Crippen LogP contribution in [0.4, 0.5) is 0 Å². The van der Waals surface area contributed by atoms with Gasteiger partial charge < -0.3 is 0 Å². The van der Waals surface area contributed by atoms with Crippen molar-refractivity contribution < 1.29 is 0 Å². The second kappa shape index (κ2) is 12.4. The van der Waals surface area contributed by atoms with Gasteiger partial charge in [0.05, 0.1) is 0 Å². The summed E-state index contributed by atoms with van der Waals surface area (Å²) >= 11 is 12.3. The Morgan fingerprint density at radius 1 is 1.17 bits per heavy atom. The third-order valence-corrected chi connectivity index (χ3v) is 1.97. The highest BCUT2D eigenvalue weighted by atomic mass is 128. The van der Waals surface area contributed by atoms with Gasteiger partial charge in [-0.1, -0.05) is 34.1 Å². The summed E-state index contributed by atoms with van der Waals surface area (Å²) in [6.07, 6.45) is 1.47. The predicted molar refractivity (Wildman–Crippen MR) is 78.7 cm³/mol. The van der Waals surface area contributed by atoms with Crippen molar-refractivity contribution >= 4 is 64.8 Å². The van der Waals surface area contributed by atoms with Gasteiger partial charge in [-0.15, -0.1) is 11.6 Å². The minimum atomic E-state index is 1.18. The number of aryl methyl sites for hydroxylation is 1. The van der Waals surface area contributed by atoms with Gasteiger partial charge in [-0.3, -0.25) is 0 Å². The quantitative estimate of drug-likeness (QED) is 0.349. The molecule has 0 fully saturated rings. The second-order valence-corrected chi connectivity index (χ2v) is 2.60. The van der Waals surface area contributed by atoms with Crippen molar-refractivity contribution in [3.8, 4) is 0 Å². The molecule has 0 saturated carbocycles. The van der Waals surface area contributed by atoms with Gasteiger partial charge in [0, 0.05) is 48.1 Å². The van der Waals surface area contributed by atoms with Crippen molar-refractivity contribution in [1.82, 2.24) is 0 Å². The molecule has 1 rings (SSSR count). The lowest BCUT2D eigenvalue weighted by molar-refractivity contribution is 1.43. The monoisotopic (exact) mass is 474 g/mol. The summed E-state index contributed by atoms with van der Waals surface area (Å²) in [6, 6.07) is 8.15. The van der Waals surface area contributed by atoms with Crippen LogP contribution in [0.25, 0.3) is 0 Å². The molecule has 0 aliphatic carbocycles. The van der Waals surface area contributed by atoms with E-state index < -0.39 is 0 Å². The fourth-order valence-corrected chi connectivity index (χ4v) is 0.836. The Morgan fingerprint density at radius 2 is 1.58 bits per heavy atom. The fraction of sp³-hybridized carbons (Fsp3) is 0.250. The number of hydrogen-bond donors (Lipinski definition) is 0. The first-order valence-electron chi connectivity index (χ1n) is 3.04. The molecular weight excluding hydrogens is 465 g/mol. The van der Waals surface area contributed by atoms with Crippen LogP contribution in [-0.4, -0.2) is 6.38 Å². The van der Waals surface area contributed by atoms with Crippen LogP contribution in [0.2, 0.25) is 0 Å². The Kier molecular flexibility index (Phi) is 16.5. The largest absolute Gasteiger partial charge is 0.130 e. The standard InChI is InChI=1S/C7H7Br.CH3Cl.I2/c1-6-4-2-3-5-7(6)8;2*1-2/h2-5H,1H3;1H3;. The summed E-state index contributed by atoms with van der Waals surface area (Å²) < 4.78 is 1.18. The normalized spacial score (nSPS) is 7.17. The zero-order valence-electron chi connectivity index (χ0n) is 6.82. The van der Waals surface area contributed by atoms with Crippen molar-refractivity contribution in [1.29, 1.82) is 0 Å². The van der Waals surface area contributed by atoms with Gasteiger partial charge in [-0.05, 0) is 18.6 Å². The maximum atomic E-state index is 4.64. The Bertz CT molecular complexity index is 173. The third-order valence-electron chi connectivity index (χ3n) is 1.08. The van der Waals surface area contributed by atoms with Crippen LogP contribution in [0.1, 0.15) is 5.56 Å². The molecule has 0 nitrogen and oxygen atoms in total. The summed E-state index contributed by atoms with van der Waals surface area (Å²) in [5.74, 6) is 0. The maximum absolute atomic E-state index is 4.64. The summed E-state index contributed by atoms with van der Waals surface area (Å²) in [5, 5.41) is 0. The van der Waals surface area contributed by atoms with Gasteiger partial charge in [0.1, 0.15) is 0 Å². The highest BCUT2D eigenvalue weighted by Crippen LogP contribution is 2.13. The van der Waals surface area contributed by atoms with Gasteiger partial charge in [0.2, 0.25) is 0 Å². The number of benzene rings is 1. The van der Waals surface area contributed by atoms with Crippen LogP contribution in [0.3, 0.4) is 0 Å². The molecule has 4 heteroatoms. The lowest BCUT2D eigenvalue weighted by Crippen LogP contribution is -1.69. The van der Waals surface area contributed by atoms with Gasteiger partial charge in [0.25, 0.3) is 0 Å². The molecule has 12 heavy (non-hydrogen) atoms. The van der Waals surface area contributed by atoms with E-state index >= 15 is 0 Å². The highest BCUT2D eigenvalue weighted by Gasteiger charge is 1.86. The van der Waals surface area contributed by atoms with E-state index in [1.165, 1.54) is 16.4 Å². The second-order valence-electron chi connectivity index (χ2n) is 1.75. The summed E-state index contributed by atoms with van der Waals surface area (Å²) in [6.45, 7) is 2.07. The van der Waals surface area contributed by atoms with E-state index in [1.807, 2.05) is 18.2 Å². The lowest BCUT2D eigenvalue weighted by Gasteiger charge is -1.91. The summed E-state index contributed by atoms with van der Waals surface area (Å²) in [4.78, 5) is 0. The molecule has 0 spiro atoms. The molecule has 0 N–H and O–H groups in total. The van der Waals surface area contributed by atoms with E-state index in [0.717, 1.165) is 0 Å². The molecular formula is C8H10BrClI2. The molecule has 0 atom stereocenters. The Labute approximate surface area is 111 Å². The van der Waals surface area contributed by atoms with Crippen LogP contribution in [-0.2, 0) is 0 Å². The van der Waals surface area contributed by atoms with E-state index in [1.54, 1.807) is 0 Å². The van der Waals surface area contributed by atoms with Crippen LogP contribution in [0.15, 0.2) is 28.7 Å². The molecule has 0 aliphatic heterocycles. The maximum Gasteiger partial charge on any atom is 0.0204 e. The summed E-state index contributed by atoms with van der Waals surface area (Å²) in [7, 11) is 0. The average Bonchev–Trinajstić information content (AvgIpc) is 2.17. The molecule has 0 saturated heterocycles. The van der Waals surface area contributed by atoms with E-state index in [2.05, 4.69) is 77.8 Å². The molecule has 70 valence electrons. The zero-order valence-corrected chi connectivity index (χ0v) is 13.5. The van der Waals surface area contributed by atoms with Crippen LogP contribution in [0, 0.1) is 6.92 Å². The molecule has 0 radical (unpaired) electrons. The fourth-order valence-electron chi connectivity index (χ4n) is 0.551. The summed E-state index contributed by atoms with van der Waals surface area (Å²) in [5.41, 5.74) is 1.28. The Hall–Kier alpha value is 1.45. The molecule has 0 unspecified atom stereocenters. The van der Waals surface area contributed by atoms with Crippen molar-refractivity contribution in [2.75, 3.05) is 6.38 Å². The van der Waals surface area contributed by atoms with Gasteiger partial charge in [-0.25, -0.2) is 0 Å². The smallest absolute Gasteiger partial charge is 0.0204 e. The lowest BCUT2D eigenvalue weighted by atomic mass is 10.2. The minimum absolute atomic E-state index is 1.18. The average molecular weight is 475 g/mol. The number of halogens is 4. The first kappa shape index (κ1) is 15.9. The highest BCUT2D eigenvalue weighted by molar-refractivity contribution is 15.0. The van der Waals surface area contributed by atoms with Crippen LogP contribution in [0.5, 0.6) is 0 Å². The molecule has 0 aliphatic rings. The van der Waals surface area contributed by atoms with Crippen molar-refractivity contribution in [3.63, 3.8) is 0 Å². The molecule has 0 aromatic heterocycles. The van der Waals surface area contributed by atoms with Crippen LogP contribution >= 0.6 is 64.8 Å². The number of rotatable bonds is 0. The van der Waals surface area contributed by atoms with E-state index in [0.29, 0.717) is 0 Å². The first-order valence-corrected chi connectivity index (χ1v) is 10.9. The SMILES string of the molecule is CCl.Cc1ccccc1Br.II. The predicted octanol–water partition coefficient (Wildman–Crippen LogP) is 5.38. The van der Waals surface area contributed by atoms with Gasteiger partial charge in [-0.2, -0.15) is 0 Å². The zero-order chi connectivity index (χ0) is 9.98. The Balaban J connectivity index is 0. The van der Waals surface area contributed by atoms with E-state index in [9.17, 15) is 0 Å². The molecule has 0 amide bonds. The van der Waals surface area contributed by atoms with Crippen molar-refractivity contribution in [3.05, 3.63) is 34.3 Å². The molecule has 1 aromatic rings. The number of hydrogen-bond acceptors (Lipinski definition) is 0. The minimum Gasteiger partial charge on any atom is -0.130 e. The van der Waals surface area contributed by atoms with Crippen molar-refractivity contribution in [2.24, 2.45) is 0 Å². The molecule has 0 heterocycles. The van der Waals surface area contributed by atoms with Gasteiger partial charge >= 0.3 is 0 Å². The Morgan fingerprint density at radius 3 is 1.83 bits per heavy atom. The molecule has 1 aromatic carbocycles. The van der Waals surface area contributed by atoms with E-state index in [-0.39, 0.29) is 0 Å².